The van der Waals surface area contributed by atoms with E-state index in [1.807, 2.05) is 0 Å². The number of hydrogen-bond acceptors (Lipinski definition) is 6. The predicted molar refractivity (Wildman–Crippen MR) is 134 cm³/mol. The van der Waals surface area contributed by atoms with Crippen molar-refractivity contribution in [3.05, 3.63) is 42.2 Å². The van der Waals surface area contributed by atoms with Crippen LogP contribution in [0.3, 0.4) is 0 Å². The minimum Gasteiger partial charge on any atom is -0.490 e. The molecule has 0 unspecified atom stereocenters. The number of halogens is 15. The quantitative estimate of drug-likeness (QED) is 0.100. The van der Waals surface area contributed by atoms with E-state index in [-0.39, 0.29) is 12.8 Å². The SMILES string of the molecule is CCCCCCOc1cnc(-c2ccc(CCCOCC(F)(F)OC(F)(F)C(F)(F)OC(F)(F)C(F)(F)C(F)(F)C(F)(F)F)cc2)nc1. The molecule has 0 N–H and O–H groups in total. The summed E-state index contributed by atoms with van der Waals surface area (Å²) in [4.78, 5) is 8.40. The second kappa shape index (κ2) is 15.6. The third-order valence-corrected chi connectivity index (χ3v) is 6.12. The van der Waals surface area contributed by atoms with E-state index < -0.39 is 55.7 Å². The molecule has 0 amide bonds. The monoisotopic (exact) mass is 728 g/mol. The molecule has 0 radical (unpaired) electrons. The number of benzene rings is 1. The van der Waals surface area contributed by atoms with Crippen molar-refractivity contribution in [2.45, 2.75) is 87.9 Å². The van der Waals surface area contributed by atoms with Crippen LogP contribution in [0.4, 0.5) is 65.9 Å². The molecule has 0 aliphatic heterocycles. The van der Waals surface area contributed by atoms with Crippen LogP contribution < -0.4 is 4.74 Å². The number of unbranched alkanes of at least 4 members (excludes halogenated alkanes) is 3. The van der Waals surface area contributed by atoms with Crippen molar-refractivity contribution in [2.75, 3.05) is 19.8 Å². The van der Waals surface area contributed by atoms with Gasteiger partial charge in [-0.2, -0.15) is 65.9 Å². The molecule has 1 aromatic heterocycles. The van der Waals surface area contributed by atoms with Gasteiger partial charge in [0, 0.05) is 12.2 Å². The average molecular weight is 728 g/mol. The first-order chi connectivity index (χ1) is 21.9. The highest BCUT2D eigenvalue weighted by Gasteiger charge is 2.85. The van der Waals surface area contributed by atoms with E-state index in [1.165, 1.54) is 12.4 Å². The predicted octanol–water partition coefficient (Wildman–Crippen LogP) is 9.29. The molecule has 21 heteroatoms. The smallest absolute Gasteiger partial charge is 0.460 e. The Morgan fingerprint density at radius 3 is 1.71 bits per heavy atom. The molecule has 0 aliphatic carbocycles. The molecule has 2 rings (SSSR count). The van der Waals surface area contributed by atoms with Gasteiger partial charge in [0.15, 0.2) is 11.6 Å². The summed E-state index contributed by atoms with van der Waals surface area (Å²) in [7, 11) is 0. The molecule has 0 aliphatic rings. The molecule has 0 saturated heterocycles. The van der Waals surface area contributed by atoms with Crippen LogP contribution in [0.5, 0.6) is 5.75 Å². The van der Waals surface area contributed by atoms with Gasteiger partial charge in [-0.25, -0.2) is 19.4 Å². The summed E-state index contributed by atoms with van der Waals surface area (Å²) in [5.74, 6) is -14.9. The average Bonchev–Trinajstić information content (AvgIpc) is 2.95. The first-order valence-electron chi connectivity index (χ1n) is 13.7. The molecule has 1 aromatic carbocycles. The van der Waals surface area contributed by atoms with Gasteiger partial charge in [0.05, 0.1) is 19.0 Å². The standard InChI is InChI=1S/C27H27F15N2O4/c1-2-3-4-5-13-46-19-14-43-20(44-15-19)18-10-8-17(9-11-18)7-6-12-45-16-21(28,29)47-26(39,40)27(41,42)48-25(37,38)23(32,33)22(30,31)24(34,35)36/h8-11,14-15H,2-7,12-13,16H2,1H3. The van der Waals surface area contributed by atoms with Crippen molar-refractivity contribution in [1.29, 1.82) is 0 Å². The van der Waals surface area contributed by atoms with E-state index in [1.54, 1.807) is 29.0 Å². The van der Waals surface area contributed by atoms with E-state index in [2.05, 4.69) is 26.4 Å². The van der Waals surface area contributed by atoms with Crippen molar-refractivity contribution in [1.82, 2.24) is 9.97 Å². The van der Waals surface area contributed by atoms with Crippen LogP contribution in [-0.4, -0.2) is 72.2 Å². The van der Waals surface area contributed by atoms with Crippen molar-refractivity contribution in [3.63, 3.8) is 0 Å². The maximum Gasteiger partial charge on any atom is 0.460 e. The Hall–Kier alpha value is -3.07. The fourth-order valence-corrected chi connectivity index (χ4v) is 3.57. The summed E-state index contributed by atoms with van der Waals surface area (Å²) in [5, 5.41) is 0. The summed E-state index contributed by atoms with van der Waals surface area (Å²) in [5.41, 5.74) is 1.20. The Labute approximate surface area is 262 Å². The van der Waals surface area contributed by atoms with E-state index in [4.69, 9.17) is 4.74 Å². The Kier molecular flexibility index (Phi) is 13.4. The van der Waals surface area contributed by atoms with E-state index in [0.29, 0.717) is 29.3 Å². The van der Waals surface area contributed by atoms with Crippen molar-refractivity contribution in [3.8, 4) is 17.1 Å². The fraction of sp³-hybridized carbons (Fsp3) is 0.630. The Morgan fingerprint density at radius 1 is 0.604 bits per heavy atom. The third kappa shape index (κ3) is 10.5. The molecular formula is C27H27F15N2O4. The van der Waals surface area contributed by atoms with E-state index in [9.17, 15) is 65.9 Å². The van der Waals surface area contributed by atoms with Crippen molar-refractivity contribution in [2.24, 2.45) is 0 Å². The number of hydrogen-bond donors (Lipinski definition) is 0. The highest BCUT2D eigenvalue weighted by atomic mass is 19.4. The van der Waals surface area contributed by atoms with Gasteiger partial charge in [-0.15, -0.1) is 0 Å². The second-order valence-electron chi connectivity index (χ2n) is 10.0. The van der Waals surface area contributed by atoms with Crippen LogP contribution in [0.15, 0.2) is 36.7 Å². The lowest BCUT2D eigenvalue weighted by atomic mass is 10.1. The molecule has 6 nitrogen and oxygen atoms in total. The van der Waals surface area contributed by atoms with Crippen LogP contribution in [0.25, 0.3) is 11.4 Å². The Balaban J connectivity index is 1.86. The van der Waals surface area contributed by atoms with E-state index >= 15 is 0 Å². The Bertz CT molecular complexity index is 1280. The topological polar surface area (TPSA) is 62.7 Å². The maximum absolute atomic E-state index is 13.7. The molecule has 0 saturated carbocycles. The molecule has 2 aromatic rings. The van der Waals surface area contributed by atoms with Crippen LogP contribution in [-0.2, 0) is 20.6 Å². The third-order valence-electron chi connectivity index (χ3n) is 6.12. The van der Waals surface area contributed by atoms with Gasteiger partial charge in [0.25, 0.3) is 0 Å². The minimum absolute atomic E-state index is 0.0827. The molecule has 0 fully saturated rings. The lowest BCUT2D eigenvalue weighted by molar-refractivity contribution is -0.543. The number of alkyl halides is 15. The number of aryl methyl sites for hydroxylation is 1. The summed E-state index contributed by atoms with van der Waals surface area (Å²) < 4.78 is 210. The van der Waals surface area contributed by atoms with Crippen LogP contribution >= 0.6 is 0 Å². The van der Waals surface area contributed by atoms with Crippen LogP contribution in [0.2, 0.25) is 0 Å². The zero-order valence-corrected chi connectivity index (χ0v) is 24.5. The first kappa shape index (κ1) is 41.1. The van der Waals surface area contributed by atoms with Gasteiger partial charge >= 0.3 is 42.5 Å². The van der Waals surface area contributed by atoms with Crippen LogP contribution in [0, 0.1) is 0 Å². The molecule has 1 heterocycles. The largest absolute Gasteiger partial charge is 0.490 e. The van der Waals surface area contributed by atoms with Crippen molar-refractivity contribution < 1.29 is 84.8 Å². The normalized spacial score (nSPS) is 14.0. The highest BCUT2D eigenvalue weighted by Crippen LogP contribution is 2.56. The van der Waals surface area contributed by atoms with Gasteiger partial charge in [-0.3, -0.25) is 0 Å². The summed E-state index contributed by atoms with van der Waals surface area (Å²) in [6.07, 6.45) is -27.8. The zero-order valence-electron chi connectivity index (χ0n) is 24.5. The lowest BCUT2D eigenvalue weighted by Gasteiger charge is -2.36. The summed E-state index contributed by atoms with van der Waals surface area (Å²) in [6.45, 7) is -0.305. The summed E-state index contributed by atoms with van der Waals surface area (Å²) in [6, 6.07) is 6.43. The molecular weight excluding hydrogens is 701 g/mol. The zero-order chi connectivity index (χ0) is 36.7. The van der Waals surface area contributed by atoms with Gasteiger partial charge in [0.1, 0.15) is 6.61 Å². The molecule has 0 spiro atoms. The first-order valence-corrected chi connectivity index (χ1v) is 13.7. The molecule has 0 atom stereocenters. The lowest BCUT2D eigenvalue weighted by Crippen LogP contribution is -2.64. The number of ether oxygens (including phenoxy) is 4. The molecule has 48 heavy (non-hydrogen) atoms. The molecule has 0 bridgehead atoms. The number of rotatable bonds is 20. The number of nitrogens with zero attached hydrogens (tertiary/aromatic N) is 2. The number of aromatic nitrogens is 2. The van der Waals surface area contributed by atoms with Gasteiger partial charge in [-0.05, 0) is 24.8 Å². The highest BCUT2D eigenvalue weighted by molar-refractivity contribution is 5.55. The van der Waals surface area contributed by atoms with E-state index in [0.717, 1.165) is 25.7 Å². The van der Waals surface area contributed by atoms with Gasteiger partial charge in [0.2, 0.25) is 0 Å². The van der Waals surface area contributed by atoms with Gasteiger partial charge in [-0.1, -0.05) is 50.5 Å². The maximum atomic E-state index is 13.7. The van der Waals surface area contributed by atoms with Gasteiger partial charge < -0.3 is 9.47 Å². The Morgan fingerprint density at radius 2 is 1.17 bits per heavy atom. The summed E-state index contributed by atoms with van der Waals surface area (Å²) >= 11 is 0. The van der Waals surface area contributed by atoms with Crippen molar-refractivity contribution >= 4 is 0 Å². The minimum atomic E-state index is -7.91. The second-order valence-corrected chi connectivity index (χ2v) is 10.0. The van der Waals surface area contributed by atoms with Crippen LogP contribution in [0.1, 0.15) is 44.6 Å². The fourth-order valence-electron chi connectivity index (χ4n) is 3.57. The molecule has 274 valence electrons.